The van der Waals surface area contributed by atoms with Gasteiger partial charge in [0.25, 0.3) is 0 Å². The van der Waals surface area contributed by atoms with Gasteiger partial charge in [0.15, 0.2) is 0 Å². The quantitative estimate of drug-likeness (QED) is 0.417. The minimum Gasteiger partial charge on any atom is -0.496 e. The summed E-state index contributed by atoms with van der Waals surface area (Å²) in [5.74, 6) is 1.84. The average molecular weight is 485 g/mol. The first-order valence-corrected chi connectivity index (χ1v) is 11.5. The van der Waals surface area contributed by atoms with Crippen LogP contribution in [0.25, 0.3) is 0 Å². The minimum absolute atomic E-state index is 0.448. The Balaban J connectivity index is 1.96. The van der Waals surface area contributed by atoms with Crippen molar-refractivity contribution in [2.75, 3.05) is 28.4 Å². The van der Waals surface area contributed by atoms with E-state index in [9.17, 15) is 10.2 Å². The molecule has 5 rings (SSSR count). The second-order valence-electron chi connectivity index (χ2n) is 8.59. The van der Waals surface area contributed by atoms with Crippen LogP contribution in [0.2, 0.25) is 0 Å². The predicted molar refractivity (Wildman–Crippen MR) is 136 cm³/mol. The molecule has 0 radical (unpaired) electrons. The Bertz CT molecular complexity index is 1230. The van der Waals surface area contributed by atoms with Crippen molar-refractivity contribution in [3.63, 3.8) is 0 Å². The van der Waals surface area contributed by atoms with Crippen molar-refractivity contribution in [3.8, 4) is 23.0 Å². The zero-order valence-corrected chi connectivity index (χ0v) is 20.6. The third-order valence-corrected chi connectivity index (χ3v) is 6.99. The second-order valence-corrected chi connectivity index (χ2v) is 8.59. The van der Waals surface area contributed by atoms with E-state index in [4.69, 9.17) is 18.9 Å². The number of hydrogen-bond donors (Lipinski definition) is 2. The van der Waals surface area contributed by atoms with Crippen LogP contribution in [-0.4, -0.2) is 38.7 Å². The Hall–Kier alpha value is -4.00. The van der Waals surface area contributed by atoms with E-state index in [2.05, 4.69) is 0 Å². The Morgan fingerprint density at radius 3 is 0.889 bits per heavy atom. The van der Waals surface area contributed by atoms with Gasteiger partial charge in [0.1, 0.15) is 34.2 Å². The zero-order chi connectivity index (χ0) is 25.5. The molecule has 0 atom stereocenters. The van der Waals surface area contributed by atoms with Crippen molar-refractivity contribution in [1.82, 2.24) is 0 Å². The van der Waals surface area contributed by atoms with Gasteiger partial charge in [-0.25, -0.2) is 0 Å². The van der Waals surface area contributed by atoms with E-state index in [0.717, 1.165) is 0 Å². The van der Waals surface area contributed by atoms with Crippen LogP contribution in [0.5, 0.6) is 23.0 Å². The number of fused-ring (bicyclic) bond motifs is 2. The molecule has 0 saturated carbocycles. The molecule has 2 N–H and O–H groups in total. The Morgan fingerprint density at radius 1 is 0.417 bits per heavy atom. The van der Waals surface area contributed by atoms with Gasteiger partial charge in [-0.3, -0.25) is 0 Å². The molecular formula is C30H28O6. The lowest BCUT2D eigenvalue weighted by atomic mass is 9.63. The van der Waals surface area contributed by atoms with Crippen LogP contribution >= 0.6 is 0 Å². The lowest BCUT2D eigenvalue weighted by Crippen LogP contribution is -2.44. The van der Waals surface area contributed by atoms with Crippen LogP contribution in [0, 0.1) is 0 Å². The standard InChI is InChI=1S/C30H28O6/c1-33-23-15-9-16-24(34-2)27(23)29(31)19-11-5-7-13-21(19)30(32,22-14-8-6-12-20(22)29)28-25(35-3)17-10-18-26(28)36-4/h5-18,31-32H,1-4H3. The van der Waals surface area contributed by atoms with Gasteiger partial charge in [-0.1, -0.05) is 60.7 Å². The van der Waals surface area contributed by atoms with Gasteiger partial charge < -0.3 is 29.2 Å². The molecular weight excluding hydrogens is 456 g/mol. The maximum absolute atomic E-state index is 12.8. The van der Waals surface area contributed by atoms with E-state index in [1.807, 2.05) is 48.5 Å². The first-order chi connectivity index (χ1) is 17.5. The molecule has 0 aliphatic heterocycles. The summed E-state index contributed by atoms with van der Waals surface area (Å²) >= 11 is 0. The smallest absolute Gasteiger partial charge is 0.148 e. The van der Waals surface area contributed by atoms with Gasteiger partial charge in [-0.05, 0) is 46.5 Å². The lowest BCUT2D eigenvalue weighted by molar-refractivity contribution is 0.0688. The summed E-state index contributed by atoms with van der Waals surface area (Å²) in [6, 6.07) is 25.3. The molecule has 0 amide bonds. The highest BCUT2D eigenvalue weighted by Crippen LogP contribution is 2.58. The van der Waals surface area contributed by atoms with Gasteiger partial charge in [0.05, 0.1) is 39.6 Å². The molecule has 0 spiro atoms. The van der Waals surface area contributed by atoms with Gasteiger partial charge in [-0.15, -0.1) is 0 Å². The van der Waals surface area contributed by atoms with Crippen molar-refractivity contribution in [3.05, 3.63) is 118 Å². The van der Waals surface area contributed by atoms with E-state index >= 15 is 0 Å². The predicted octanol–water partition coefficient (Wildman–Crippen LogP) is 4.60. The summed E-state index contributed by atoms with van der Waals surface area (Å²) in [4.78, 5) is 0. The Kier molecular flexibility index (Phi) is 5.86. The molecule has 36 heavy (non-hydrogen) atoms. The monoisotopic (exact) mass is 484 g/mol. The molecule has 0 heterocycles. The van der Waals surface area contributed by atoms with Crippen molar-refractivity contribution in [2.24, 2.45) is 0 Å². The molecule has 6 heteroatoms. The number of hydrogen-bond acceptors (Lipinski definition) is 6. The Morgan fingerprint density at radius 2 is 0.667 bits per heavy atom. The summed E-state index contributed by atoms with van der Waals surface area (Å²) in [5.41, 5.74) is -0.556. The number of ether oxygens (including phenoxy) is 4. The van der Waals surface area contributed by atoms with Crippen LogP contribution in [0.3, 0.4) is 0 Å². The third kappa shape index (κ3) is 3.11. The molecule has 1 aliphatic carbocycles. The largest absolute Gasteiger partial charge is 0.496 e. The maximum Gasteiger partial charge on any atom is 0.148 e. The van der Waals surface area contributed by atoms with Crippen molar-refractivity contribution in [2.45, 2.75) is 11.2 Å². The lowest BCUT2D eigenvalue weighted by Gasteiger charge is -2.46. The fourth-order valence-electron chi connectivity index (χ4n) is 5.47. The van der Waals surface area contributed by atoms with Crippen LogP contribution in [0.15, 0.2) is 84.9 Å². The Labute approximate surface area is 210 Å². The van der Waals surface area contributed by atoms with E-state index in [0.29, 0.717) is 56.4 Å². The van der Waals surface area contributed by atoms with E-state index in [-0.39, 0.29) is 0 Å². The molecule has 0 aromatic heterocycles. The normalized spacial score (nSPS) is 20.2. The second kappa shape index (κ2) is 8.90. The average Bonchev–Trinajstić information content (AvgIpc) is 2.94. The fourth-order valence-corrected chi connectivity index (χ4v) is 5.47. The van der Waals surface area contributed by atoms with Crippen LogP contribution in [0.4, 0.5) is 0 Å². The molecule has 6 nitrogen and oxygen atoms in total. The van der Waals surface area contributed by atoms with E-state index in [1.54, 1.807) is 64.8 Å². The molecule has 4 aromatic rings. The maximum atomic E-state index is 12.8. The number of benzene rings is 4. The highest BCUT2D eigenvalue weighted by atomic mass is 16.5. The fraction of sp³-hybridized carbons (Fsp3) is 0.200. The SMILES string of the molecule is COc1cccc(OC)c1C1(O)c2ccccc2C(O)(c2c(OC)cccc2OC)c2ccccc21. The van der Waals surface area contributed by atoms with Gasteiger partial charge in [0.2, 0.25) is 0 Å². The summed E-state index contributed by atoms with van der Waals surface area (Å²) < 4.78 is 22.8. The van der Waals surface area contributed by atoms with E-state index < -0.39 is 11.2 Å². The topological polar surface area (TPSA) is 77.4 Å². The van der Waals surface area contributed by atoms with Gasteiger partial charge in [0, 0.05) is 0 Å². The molecule has 0 unspecified atom stereocenters. The molecule has 4 aromatic carbocycles. The summed E-state index contributed by atoms with van der Waals surface area (Å²) in [6.07, 6.45) is 0. The molecule has 0 saturated heterocycles. The summed E-state index contributed by atoms with van der Waals surface area (Å²) in [5, 5.41) is 25.5. The highest BCUT2D eigenvalue weighted by Gasteiger charge is 2.54. The first-order valence-electron chi connectivity index (χ1n) is 11.5. The zero-order valence-electron chi connectivity index (χ0n) is 20.6. The molecule has 0 fully saturated rings. The van der Waals surface area contributed by atoms with Crippen molar-refractivity contribution >= 4 is 0 Å². The van der Waals surface area contributed by atoms with Crippen LogP contribution in [0.1, 0.15) is 33.4 Å². The summed E-state index contributed by atoms with van der Waals surface area (Å²) in [6.45, 7) is 0. The number of methoxy groups -OCH3 is 4. The number of rotatable bonds is 6. The van der Waals surface area contributed by atoms with Crippen molar-refractivity contribution in [1.29, 1.82) is 0 Å². The van der Waals surface area contributed by atoms with Gasteiger partial charge in [-0.2, -0.15) is 0 Å². The third-order valence-electron chi connectivity index (χ3n) is 6.99. The number of aliphatic hydroxyl groups is 2. The van der Waals surface area contributed by atoms with Crippen LogP contribution < -0.4 is 18.9 Å². The minimum atomic E-state index is -1.70. The molecule has 184 valence electrons. The molecule has 1 aliphatic rings. The van der Waals surface area contributed by atoms with Crippen LogP contribution in [-0.2, 0) is 11.2 Å². The highest BCUT2D eigenvalue weighted by molar-refractivity contribution is 5.71. The first kappa shape index (κ1) is 23.7. The molecule has 0 bridgehead atoms. The van der Waals surface area contributed by atoms with Gasteiger partial charge >= 0.3 is 0 Å². The van der Waals surface area contributed by atoms with E-state index in [1.165, 1.54) is 0 Å². The summed E-state index contributed by atoms with van der Waals surface area (Å²) in [7, 11) is 6.22. The van der Waals surface area contributed by atoms with Crippen molar-refractivity contribution < 1.29 is 29.2 Å².